The number of benzene rings is 3. The lowest BCUT2D eigenvalue weighted by Gasteiger charge is -2.18. The van der Waals surface area contributed by atoms with Crippen LogP contribution in [0.25, 0.3) is 11.1 Å². The van der Waals surface area contributed by atoms with Crippen LogP contribution < -0.4 is 5.32 Å². The third-order valence-corrected chi connectivity index (χ3v) is 5.36. The summed E-state index contributed by atoms with van der Waals surface area (Å²) >= 11 is 0. The molecule has 0 unspecified atom stereocenters. The van der Waals surface area contributed by atoms with Crippen molar-refractivity contribution in [1.29, 1.82) is 5.26 Å². The number of carbonyl (C=O) groups excluding carboxylic acids is 3. The summed E-state index contributed by atoms with van der Waals surface area (Å²) in [4.78, 5) is 38.8. The molecule has 0 fully saturated rings. The summed E-state index contributed by atoms with van der Waals surface area (Å²) < 4.78 is 5.24. The summed E-state index contributed by atoms with van der Waals surface area (Å²) in [6, 6.07) is 21.5. The summed E-state index contributed by atoms with van der Waals surface area (Å²) in [6.07, 6.45) is 0. The highest BCUT2D eigenvalue weighted by atomic mass is 16.5. The fourth-order valence-corrected chi connectivity index (χ4v) is 3.52. The van der Waals surface area contributed by atoms with Crippen LogP contribution in [-0.2, 0) is 14.3 Å². The van der Waals surface area contributed by atoms with E-state index in [1.807, 2.05) is 32.0 Å². The largest absolute Gasteiger partial charge is 0.452 e. The molecule has 1 N–H and O–H groups in total. The van der Waals surface area contributed by atoms with Gasteiger partial charge in [0, 0.05) is 18.3 Å². The lowest BCUT2D eigenvalue weighted by molar-refractivity contribution is -0.136. The number of hydrogen-bond donors (Lipinski definition) is 1. The van der Waals surface area contributed by atoms with Crippen molar-refractivity contribution in [1.82, 2.24) is 4.90 Å². The number of para-hydroxylation sites is 1. The highest BCUT2D eigenvalue weighted by Gasteiger charge is 2.19. The number of nitrogens with one attached hydrogen (secondary N) is 1. The number of likely N-dealkylation sites (N-methyl/N-ethyl adjacent to an activating group) is 1. The average molecular weight is 456 g/mol. The van der Waals surface area contributed by atoms with Crippen molar-refractivity contribution in [2.24, 2.45) is 0 Å². The van der Waals surface area contributed by atoms with Crippen molar-refractivity contribution < 1.29 is 19.1 Å². The van der Waals surface area contributed by atoms with E-state index in [-0.39, 0.29) is 18.0 Å². The van der Waals surface area contributed by atoms with Gasteiger partial charge in [-0.05, 0) is 42.7 Å². The van der Waals surface area contributed by atoms with E-state index in [4.69, 9.17) is 4.74 Å². The van der Waals surface area contributed by atoms with Gasteiger partial charge < -0.3 is 15.0 Å². The van der Waals surface area contributed by atoms with Crippen molar-refractivity contribution in [2.75, 3.05) is 25.5 Å². The number of anilines is 1. The highest BCUT2D eigenvalue weighted by molar-refractivity contribution is 5.99. The van der Waals surface area contributed by atoms with Gasteiger partial charge in [-0.15, -0.1) is 0 Å². The van der Waals surface area contributed by atoms with Crippen molar-refractivity contribution >= 4 is 23.5 Å². The Balaban J connectivity index is 1.63. The summed E-state index contributed by atoms with van der Waals surface area (Å²) in [5, 5.41) is 12.2. The first-order valence-corrected chi connectivity index (χ1v) is 10.7. The minimum atomic E-state index is -0.690. The Morgan fingerprint density at radius 3 is 2.21 bits per heavy atom. The van der Waals surface area contributed by atoms with Crippen LogP contribution in [0.2, 0.25) is 0 Å². The second-order valence-corrected chi connectivity index (χ2v) is 7.84. The quantitative estimate of drug-likeness (QED) is 0.541. The number of carbonyl (C=O) groups is 3. The third kappa shape index (κ3) is 5.67. The van der Waals surface area contributed by atoms with Crippen molar-refractivity contribution in [3.8, 4) is 17.2 Å². The van der Waals surface area contributed by atoms with Crippen molar-refractivity contribution in [3.05, 3.63) is 89.0 Å². The van der Waals surface area contributed by atoms with Gasteiger partial charge in [-0.25, -0.2) is 4.79 Å². The number of nitrogens with zero attached hydrogens (tertiary/aromatic N) is 2. The molecule has 3 aromatic rings. The molecule has 34 heavy (non-hydrogen) atoms. The second kappa shape index (κ2) is 10.9. The van der Waals surface area contributed by atoms with E-state index in [1.165, 1.54) is 11.9 Å². The van der Waals surface area contributed by atoms with Crippen LogP contribution in [0.1, 0.15) is 27.0 Å². The third-order valence-electron chi connectivity index (χ3n) is 5.36. The van der Waals surface area contributed by atoms with Gasteiger partial charge in [0.05, 0.1) is 23.7 Å². The van der Waals surface area contributed by atoms with E-state index < -0.39 is 18.5 Å². The number of aryl methyl sites for hydroxylation is 2. The first-order chi connectivity index (χ1) is 16.3. The zero-order valence-electron chi connectivity index (χ0n) is 19.3. The van der Waals surface area contributed by atoms with Crippen LogP contribution >= 0.6 is 0 Å². The van der Waals surface area contributed by atoms with Crippen LogP contribution in [0.5, 0.6) is 0 Å². The van der Waals surface area contributed by atoms with Gasteiger partial charge in [-0.1, -0.05) is 54.6 Å². The zero-order valence-corrected chi connectivity index (χ0v) is 19.3. The van der Waals surface area contributed by atoms with Crippen LogP contribution in [0.15, 0.2) is 66.7 Å². The lowest BCUT2D eigenvalue weighted by atomic mass is 9.96. The van der Waals surface area contributed by atoms with Crippen LogP contribution in [0.4, 0.5) is 5.69 Å². The lowest BCUT2D eigenvalue weighted by Crippen LogP contribution is -2.37. The zero-order chi connectivity index (χ0) is 24.7. The Morgan fingerprint density at radius 2 is 1.53 bits per heavy atom. The highest BCUT2D eigenvalue weighted by Crippen LogP contribution is 2.27. The van der Waals surface area contributed by atoms with Gasteiger partial charge in [-0.2, -0.15) is 5.26 Å². The Bertz CT molecular complexity index is 1260. The van der Waals surface area contributed by atoms with E-state index in [0.29, 0.717) is 22.4 Å². The first-order valence-electron chi connectivity index (χ1n) is 10.7. The number of amides is 2. The Labute approximate surface area is 198 Å². The molecule has 0 aromatic heterocycles. The Kier molecular flexibility index (Phi) is 7.78. The molecule has 0 saturated heterocycles. The fourth-order valence-electron chi connectivity index (χ4n) is 3.52. The fraction of sp³-hybridized carbons (Fsp3) is 0.185. The normalized spacial score (nSPS) is 10.2. The van der Waals surface area contributed by atoms with Crippen molar-refractivity contribution in [2.45, 2.75) is 13.8 Å². The summed E-state index contributed by atoms with van der Waals surface area (Å²) in [7, 11) is 1.47. The molecule has 0 saturated carbocycles. The van der Waals surface area contributed by atoms with E-state index >= 15 is 0 Å². The SMILES string of the molecule is Cc1cccc(C)c1NC(=O)CN(C)C(=O)COC(=O)c1ccccc1-c1ccccc1C#N. The van der Waals surface area contributed by atoms with Gasteiger partial charge in [0.2, 0.25) is 5.91 Å². The molecule has 2 amide bonds. The van der Waals surface area contributed by atoms with E-state index in [2.05, 4.69) is 11.4 Å². The summed E-state index contributed by atoms with van der Waals surface area (Å²) in [6.45, 7) is 3.09. The van der Waals surface area contributed by atoms with Crippen LogP contribution in [-0.4, -0.2) is 42.9 Å². The molecule has 0 bridgehead atoms. The van der Waals surface area contributed by atoms with Gasteiger partial charge in [0.1, 0.15) is 0 Å². The number of hydrogen-bond acceptors (Lipinski definition) is 5. The summed E-state index contributed by atoms with van der Waals surface area (Å²) in [5.41, 5.74) is 4.37. The number of esters is 1. The molecule has 0 aliphatic heterocycles. The number of rotatable bonds is 7. The van der Waals surface area contributed by atoms with Gasteiger partial charge in [-0.3, -0.25) is 9.59 Å². The predicted octanol–water partition coefficient (Wildman–Crippen LogP) is 4.10. The smallest absolute Gasteiger partial charge is 0.339 e. The molecule has 7 nitrogen and oxygen atoms in total. The molecule has 0 radical (unpaired) electrons. The van der Waals surface area contributed by atoms with Crippen LogP contribution in [0, 0.1) is 25.2 Å². The Morgan fingerprint density at radius 1 is 0.912 bits per heavy atom. The maximum absolute atomic E-state index is 12.7. The minimum absolute atomic E-state index is 0.184. The average Bonchev–Trinajstić information content (AvgIpc) is 2.84. The topological polar surface area (TPSA) is 99.5 Å². The predicted molar refractivity (Wildman–Crippen MR) is 129 cm³/mol. The van der Waals surface area contributed by atoms with E-state index in [9.17, 15) is 19.6 Å². The Hall–Kier alpha value is -4.44. The molecule has 0 spiro atoms. The molecular weight excluding hydrogens is 430 g/mol. The summed E-state index contributed by atoms with van der Waals surface area (Å²) in [5.74, 6) is -1.55. The maximum atomic E-state index is 12.7. The number of nitriles is 1. The molecule has 172 valence electrons. The van der Waals surface area contributed by atoms with Gasteiger partial charge in [0.15, 0.2) is 6.61 Å². The molecule has 0 heterocycles. The number of ether oxygens (including phenoxy) is 1. The van der Waals surface area contributed by atoms with Crippen LogP contribution in [0.3, 0.4) is 0 Å². The monoisotopic (exact) mass is 455 g/mol. The van der Waals surface area contributed by atoms with E-state index in [1.54, 1.807) is 48.5 Å². The molecular formula is C27H25N3O4. The standard InChI is InChI=1S/C27H25N3O4/c1-18-9-8-10-19(2)26(18)29-24(31)16-30(3)25(32)17-34-27(33)23-14-7-6-13-22(23)21-12-5-4-11-20(21)15-28/h4-14H,16-17H2,1-3H3,(H,29,31). The van der Waals surface area contributed by atoms with Crippen molar-refractivity contribution in [3.63, 3.8) is 0 Å². The van der Waals surface area contributed by atoms with E-state index in [0.717, 1.165) is 11.1 Å². The minimum Gasteiger partial charge on any atom is -0.452 e. The van der Waals surface area contributed by atoms with Gasteiger partial charge >= 0.3 is 5.97 Å². The molecule has 7 heteroatoms. The second-order valence-electron chi connectivity index (χ2n) is 7.84. The molecule has 3 aromatic carbocycles. The molecule has 0 aliphatic carbocycles. The molecule has 0 aliphatic rings. The van der Waals surface area contributed by atoms with Gasteiger partial charge in [0.25, 0.3) is 5.91 Å². The maximum Gasteiger partial charge on any atom is 0.339 e. The first kappa shape index (κ1) is 24.2. The molecule has 0 atom stereocenters. The molecule has 3 rings (SSSR count).